The first-order chi connectivity index (χ1) is 9.51. The van der Waals surface area contributed by atoms with Gasteiger partial charge in [0.2, 0.25) is 0 Å². The molecule has 0 N–H and O–H groups in total. The Morgan fingerprint density at radius 2 is 1.57 bits per heavy atom. The van der Waals surface area contributed by atoms with Crippen LogP contribution < -0.4 is 0 Å². The maximum Gasteiger partial charge on any atom is 0.260 e. The van der Waals surface area contributed by atoms with Crippen LogP contribution in [0.3, 0.4) is 0 Å². The first kappa shape index (κ1) is 16.4. The zero-order valence-electron chi connectivity index (χ0n) is 12.5. The van der Waals surface area contributed by atoms with Gasteiger partial charge in [0.05, 0.1) is 11.2 Å². The van der Waals surface area contributed by atoms with Crippen molar-refractivity contribution in [2.24, 2.45) is 0 Å². The number of ether oxygens (including phenoxy) is 1. The molecule has 1 heterocycles. The van der Waals surface area contributed by atoms with Crippen LogP contribution in [-0.2, 0) is 4.74 Å². The standard InChI is InChI=1S/C15H18BrF2NO2/c1-14(2)7-19(8-15(3,4)21-14)13(20)12-10(17)5-9(16)6-11(12)18/h5-6H,7-8H2,1-4H3. The molecule has 0 atom stereocenters. The van der Waals surface area contributed by atoms with Gasteiger partial charge in [0.1, 0.15) is 17.2 Å². The van der Waals surface area contributed by atoms with Gasteiger partial charge in [0, 0.05) is 17.6 Å². The Bertz CT molecular complexity index is 548. The van der Waals surface area contributed by atoms with E-state index in [0.717, 1.165) is 12.1 Å². The van der Waals surface area contributed by atoms with Crippen molar-refractivity contribution in [2.75, 3.05) is 13.1 Å². The van der Waals surface area contributed by atoms with Crippen LogP contribution in [0.2, 0.25) is 0 Å². The number of morpholine rings is 1. The molecule has 21 heavy (non-hydrogen) atoms. The molecule has 116 valence electrons. The molecule has 0 aromatic heterocycles. The Balaban J connectivity index is 2.36. The van der Waals surface area contributed by atoms with E-state index in [0.29, 0.717) is 0 Å². The average molecular weight is 362 g/mol. The Hall–Kier alpha value is -1.01. The predicted octanol–water partition coefficient (Wildman–Crippen LogP) is 3.76. The molecule has 1 saturated heterocycles. The molecule has 1 aliphatic rings. The lowest BCUT2D eigenvalue weighted by Crippen LogP contribution is -2.58. The van der Waals surface area contributed by atoms with Crippen LogP contribution >= 0.6 is 15.9 Å². The molecule has 3 nitrogen and oxygen atoms in total. The van der Waals surface area contributed by atoms with Gasteiger partial charge >= 0.3 is 0 Å². The van der Waals surface area contributed by atoms with E-state index in [1.165, 1.54) is 4.90 Å². The average Bonchev–Trinajstić information content (AvgIpc) is 2.22. The number of hydrogen-bond donors (Lipinski definition) is 0. The zero-order valence-corrected chi connectivity index (χ0v) is 14.1. The van der Waals surface area contributed by atoms with E-state index in [4.69, 9.17) is 4.74 Å². The SMILES string of the molecule is CC1(C)CN(C(=O)c2c(F)cc(Br)cc2F)CC(C)(C)O1. The number of halogens is 3. The lowest BCUT2D eigenvalue weighted by Gasteiger charge is -2.47. The number of amides is 1. The number of carbonyl (C=O) groups excluding carboxylic acids is 1. The number of benzene rings is 1. The maximum absolute atomic E-state index is 14.0. The van der Waals surface area contributed by atoms with E-state index in [9.17, 15) is 13.6 Å². The van der Waals surface area contributed by atoms with Gasteiger partial charge in [-0.15, -0.1) is 0 Å². The van der Waals surface area contributed by atoms with Crippen molar-refractivity contribution < 1.29 is 18.3 Å². The van der Waals surface area contributed by atoms with Gasteiger partial charge < -0.3 is 9.64 Å². The summed E-state index contributed by atoms with van der Waals surface area (Å²) in [5.74, 6) is -2.38. The van der Waals surface area contributed by atoms with E-state index < -0.39 is 34.3 Å². The van der Waals surface area contributed by atoms with Gasteiger partial charge in [-0.2, -0.15) is 0 Å². The molecule has 1 aromatic rings. The van der Waals surface area contributed by atoms with Gasteiger partial charge in [-0.25, -0.2) is 8.78 Å². The summed E-state index contributed by atoms with van der Waals surface area (Å²) in [6.45, 7) is 7.96. The number of rotatable bonds is 1. The highest BCUT2D eigenvalue weighted by Gasteiger charge is 2.41. The lowest BCUT2D eigenvalue weighted by atomic mass is 9.98. The fourth-order valence-electron chi connectivity index (χ4n) is 2.84. The highest BCUT2D eigenvalue weighted by atomic mass is 79.9. The summed E-state index contributed by atoms with van der Waals surface area (Å²) in [5.41, 5.74) is -1.66. The van der Waals surface area contributed by atoms with Crippen LogP contribution in [0.15, 0.2) is 16.6 Å². The van der Waals surface area contributed by atoms with Crippen LogP contribution in [0.1, 0.15) is 38.1 Å². The van der Waals surface area contributed by atoms with Crippen LogP contribution in [0.25, 0.3) is 0 Å². The third kappa shape index (κ3) is 3.61. The molecule has 6 heteroatoms. The summed E-state index contributed by atoms with van der Waals surface area (Å²) in [7, 11) is 0. The summed E-state index contributed by atoms with van der Waals surface area (Å²) in [6.07, 6.45) is 0. The predicted molar refractivity (Wildman–Crippen MR) is 79.2 cm³/mol. The van der Waals surface area contributed by atoms with Crippen LogP contribution in [0, 0.1) is 11.6 Å². The Labute approximate surface area is 131 Å². The Morgan fingerprint density at radius 1 is 1.14 bits per heavy atom. The van der Waals surface area contributed by atoms with Crippen molar-refractivity contribution in [3.63, 3.8) is 0 Å². The van der Waals surface area contributed by atoms with Crippen LogP contribution in [0.5, 0.6) is 0 Å². The molecule has 0 saturated carbocycles. The van der Waals surface area contributed by atoms with Gasteiger partial charge in [0.15, 0.2) is 0 Å². The molecule has 1 fully saturated rings. The molecular weight excluding hydrogens is 344 g/mol. The van der Waals surface area contributed by atoms with Crippen molar-refractivity contribution in [1.29, 1.82) is 0 Å². The Morgan fingerprint density at radius 3 is 2.00 bits per heavy atom. The van der Waals surface area contributed by atoms with Gasteiger partial charge in [-0.1, -0.05) is 15.9 Å². The first-order valence-corrected chi connectivity index (χ1v) is 7.44. The second-order valence-corrected chi connectivity index (χ2v) is 7.44. The van der Waals surface area contributed by atoms with Crippen molar-refractivity contribution in [2.45, 2.75) is 38.9 Å². The molecule has 0 spiro atoms. The molecule has 1 amide bonds. The zero-order chi connectivity index (χ0) is 16.0. The fourth-order valence-corrected chi connectivity index (χ4v) is 3.24. The van der Waals surface area contributed by atoms with E-state index in [2.05, 4.69) is 15.9 Å². The van der Waals surface area contributed by atoms with Crippen molar-refractivity contribution in [3.8, 4) is 0 Å². The highest BCUT2D eigenvalue weighted by Crippen LogP contribution is 2.30. The molecule has 0 radical (unpaired) electrons. The second-order valence-electron chi connectivity index (χ2n) is 6.53. The Kier molecular flexibility index (Phi) is 4.14. The molecule has 2 rings (SSSR count). The largest absolute Gasteiger partial charge is 0.366 e. The third-order valence-electron chi connectivity index (χ3n) is 3.20. The van der Waals surface area contributed by atoms with E-state index in [1.807, 2.05) is 27.7 Å². The van der Waals surface area contributed by atoms with Crippen molar-refractivity contribution in [1.82, 2.24) is 4.90 Å². The normalized spacial score (nSPS) is 20.4. The van der Waals surface area contributed by atoms with Gasteiger partial charge in [0.25, 0.3) is 5.91 Å². The number of nitrogens with zero attached hydrogens (tertiary/aromatic N) is 1. The summed E-state index contributed by atoms with van der Waals surface area (Å²) in [5, 5.41) is 0. The fraction of sp³-hybridized carbons (Fsp3) is 0.533. The smallest absolute Gasteiger partial charge is 0.260 e. The van der Waals surface area contributed by atoms with Crippen molar-refractivity contribution >= 4 is 21.8 Å². The summed E-state index contributed by atoms with van der Waals surface area (Å²) in [4.78, 5) is 13.9. The summed E-state index contributed by atoms with van der Waals surface area (Å²) >= 11 is 3.00. The summed E-state index contributed by atoms with van der Waals surface area (Å²) in [6, 6.07) is 2.18. The van der Waals surface area contributed by atoms with Gasteiger partial charge in [-0.3, -0.25) is 4.79 Å². The second kappa shape index (κ2) is 5.32. The van der Waals surface area contributed by atoms with E-state index >= 15 is 0 Å². The molecular formula is C15H18BrF2NO2. The third-order valence-corrected chi connectivity index (χ3v) is 3.66. The highest BCUT2D eigenvalue weighted by molar-refractivity contribution is 9.10. The molecule has 0 aliphatic carbocycles. The minimum absolute atomic E-state index is 0.261. The monoisotopic (exact) mass is 361 g/mol. The lowest BCUT2D eigenvalue weighted by molar-refractivity contribution is -0.171. The number of hydrogen-bond acceptors (Lipinski definition) is 2. The molecule has 0 unspecified atom stereocenters. The topological polar surface area (TPSA) is 29.5 Å². The van der Waals surface area contributed by atoms with Crippen LogP contribution in [-0.4, -0.2) is 35.1 Å². The quantitative estimate of drug-likeness (QED) is 0.762. The van der Waals surface area contributed by atoms with E-state index in [1.54, 1.807) is 0 Å². The molecule has 1 aliphatic heterocycles. The minimum Gasteiger partial charge on any atom is -0.366 e. The summed E-state index contributed by atoms with van der Waals surface area (Å²) < 4.78 is 34.0. The molecule has 0 bridgehead atoms. The minimum atomic E-state index is -0.867. The van der Waals surface area contributed by atoms with E-state index in [-0.39, 0.29) is 17.6 Å². The maximum atomic E-state index is 14.0. The molecule has 1 aromatic carbocycles. The van der Waals surface area contributed by atoms with Crippen molar-refractivity contribution in [3.05, 3.63) is 33.8 Å². The van der Waals surface area contributed by atoms with Crippen LogP contribution in [0.4, 0.5) is 8.78 Å². The first-order valence-electron chi connectivity index (χ1n) is 6.65. The number of carbonyl (C=O) groups is 1. The van der Waals surface area contributed by atoms with Gasteiger partial charge in [-0.05, 0) is 39.8 Å².